The molecule has 1 aromatic carbocycles. The first-order valence-corrected chi connectivity index (χ1v) is 7.56. The summed E-state index contributed by atoms with van der Waals surface area (Å²) in [6.45, 7) is 4.13. The normalized spacial score (nSPS) is 10.7. The number of halogens is 1. The monoisotopic (exact) mass is 326 g/mol. The molecule has 2 heterocycles. The molecule has 0 saturated carbocycles. The van der Waals surface area contributed by atoms with E-state index in [1.807, 2.05) is 32.0 Å². The molecular weight excluding hydrogens is 312 g/mol. The van der Waals surface area contributed by atoms with Crippen molar-refractivity contribution >= 4 is 28.5 Å². The number of ether oxygens (including phenoxy) is 1. The Hall–Kier alpha value is -2.46. The molecule has 23 heavy (non-hydrogen) atoms. The van der Waals surface area contributed by atoms with Crippen molar-refractivity contribution in [3.05, 3.63) is 70.1 Å². The van der Waals surface area contributed by atoms with E-state index in [1.165, 1.54) is 0 Å². The summed E-state index contributed by atoms with van der Waals surface area (Å²) in [6, 6.07) is 9.16. The summed E-state index contributed by atoms with van der Waals surface area (Å²) in [5, 5.41) is 1.33. The quantitative estimate of drug-likeness (QED) is 0.533. The number of pyridine rings is 2. The Morgan fingerprint density at radius 3 is 2.65 bits per heavy atom. The minimum absolute atomic E-state index is 0.0792. The van der Waals surface area contributed by atoms with Crippen molar-refractivity contribution in [2.75, 3.05) is 0 Å². The number of benzene rings is 1. The lowest BCUT2D eigenvalue weighted by atomic mass is 10.0. The number of rotatable bonds is 3. The highest BCUT2D eigenvalue weighted by atomic mass is 35.5. The first-order chi connectivity index (χ1) is 11.1. The van der Waals surface area contributed by atoms with Gasteiger partial charge < -0.3 is 4.74 Å². The standard InChI is InChI=1S/C18H15ClN2O2/c1-11-3-4-14-9-15(17(19)21-16(14)12(11)2)10-23-18(22)13-5-7-20-8-6-13/h3-9H,10H2,1-2H3. The van der Waals surface area contributed by atoms with Gasteiger partial charge in [-0.2, -0.15) is 0 Å². The SMILES string of the molecule is Cc1ccc2cc(COC(=O)c3ccncc3)c(Cl)nc2c1C. The molecule has 4 nitrogen and oxygen atoms in total. The largest absolute Gasteiger partial charge is 0.457 e. The van der Waals surface area contributed by atoms with Gasteiger partial charge in [0, 0.05) is 23.3 Å². The van der Waals surface area contributed by atoms with Crippen molar-refractivity contribution in [3.8, 4) is 0 Å². The van der Waals surface area contributed by atoms with E-state index in [9.17, 15) is 4.79 Å². The average Bonchev–Trinajstić information content (AvgIpc) is 2.57. The van der Waals surface area contributed by atoms with Crippen molar-refractivity contribution in [2.24, 2.45) is 0 Å². The number of esters is 1. The fraction of sp³-hybridized carbons (Fsp3) is 0.167. The Labute approximate surface area is 139 Å². The van der Waals surface area contributed by atoms with Gasteiger partial charge in [-0.25, -0.2) is 9.78 Å². The topological polar surface area (TPSA) is 52.1 Å². The highest BCUT2D eigenvalue weighted by Crippen LogP contribution is 2.25. The second kappa shape index (κ2) is 6.34. The highest BCUT2D eigenvalue weighted by molar-refractivity contribution is 6.30. The molecule has 0 radical (unpaired) electrons. The van der Waals surface area contributed by atoms with Gasteiger partial charge in [-0.3, -0.25) is 4.98 Å². The molecule has 0 amide bonds. The van der Waals surface area contributed by atoms with Crippen molar-refractivity contribution in [1.29, 1.82) is 0 Å². The molecular formula is C18H15ClN2O2. The Bertz CT molecular complexity index is 879. The molecule has 5 heteroatoms. The van der Waals surface area contributed by atoms with Crippen LogP contribution in [0.5, 0.6) is 0 Å². The van der Waals surface area contributed by atoms with Crippen LogP contribution in [0.2, 0.25) is 5.15 Å². The molecule has 3 aromatic rings. The maximum Gasteiger partial charge on any atom is 0.338 e. The van der Waals surface area contributed by atoms with E-state index in [1.54, 1.807) is 24.5 Å². The summed E-state index contributed by atoms with van der Waals surface area (Å²) >= 11 is 6.24. The van der Waals surface area contributed by atoms with Crippen LogP contribution in [0, 0.1) is 13.8 Å². The second-order valence-corrected chi connectivity index (χ2v) is 5.69. The van der Waals surface area contributed by atoms with Crippen LogP contribution >= 0.6 is 11.6 Å². The summed E-state index contributed by atoms with van der Waals surface area (Å²) in [6.07, 6.45) is 3.10. The summed E-state index contributed by atoms with van der Waals surface area (Å²) in [7, 11) is 0. The second-order valence-electron chi connectivity index (χ2n) is 5.33. The number of fused-ring (bicyclic) bond motifs is 1. The third-order valence-electron chi connectivity index (χ3n) is 3.81. The molecule has 3 rings (SSSR count). The predicted octanol–water partition coefficient (Wildman–Crippen LogP) is 4.26. The fourth-order valence-corrected chi connectivity index (χ4v) is 2.51. The van der Waals surface area contributed by atoms with Gasteiger partial charge in [0.05, 0.1) is 11.1 Å². The lowest BCUT2D eigenvalue weighted by Crippen LogP contribution is -2.06. The Morgan fingerprint density at radius 2 is 1.91 bits per heavy atom. The molecule has 0 bridgehead atoms. The number of hydrogen-bond acceptors (Lipinski definition) is 4. The molecule has 0 saturated heterocycles. The number of nitrogens with zero attached hydrogens (tertiary/aromatic N) is 2. The molecule has 0 aliphatic rings. The van der Waals surface area contributed by atoms with E-state index in [0.29, 0.717) is 16.3 Å². The molecule has 0 fully saturated rings. The number of aryl methyl sites for hydroxylation is 2. The van der Waals surface area contributed by atoms with E-state index in [4.69, 9.17) is 16.3 Å². The number of carbonyl (C=O) groups is 1. The predicted molar refractivity (Wildman–Crippen MR) is 89.6 cm³/mol. The van der Waals surface area contributed by atoms with Gasteiger partial charge >= 0.3 is 5.97 Å². The van der Waals surface area contributed by atoms with Gasteiger partial charge in [0.2, 0.25) is 0 Å². The Balaban J connectivity index is 1.85. The lowest BCUT2D eigenvalue weighted by molar-refractivity contribution is 0.0472. The van der Waals surface area contributed by atoms with Crippen molar-refractivity contribution in [3.63, 3.8) is 0 Å². The van der Waals surface area contributed by atoms with E-state index in [2.05, 4.69) is 9.97 Å². The van der Waals surface area contributed by atoms with Crippen molar-refractivity contribution in [2.45, 2.75) is 20.5 Å². The zero-order chi connectivity index (χ0) is 16.4. The Morgan fingerprint density at radius 1 is 1.17 bits per heavy atom. The third kappa shape index (κ3) is 3.17. The van der Waals surface area contributed by atoms with Crippen LogP contribution in [0.25, 0.3) is 10.9 Å². The van der Waals surface area contributed by atoms with Gasteiger partial charge in [0.25, 0.3) is 0 Å². The van der Waals surface area contributed by atoms with Crippen LogP contribution in [0.15, 0.2) is 42.7 Å². The highest BCUT2D eigenvalue weighted by Gasteiger charge is 2.11. The van der Waals surface area contributed by atoms with E-state index in [0.717, 1.165) is 22.0 Å². The van der Waals surface area contributed by atoms with Crippen molar-refractivity contribution in [1.82, 2.24) is 9.97 Å². The zero-order valence-corrected chi connectivity index (χ0v) is 13.6. The minimum Gasteiger partial charge on any atom is -0.457 e. The smallest absolute Gasteiger partial charge is 0.338 e. The van der Waals surface area contributed by atoms with Crippen LogP contribution in [-0.2, 0) is 11.3 Å². The van der Waals surface area contributed by atoms with Crippen LogP contribution in [-0.4, -0.2) is 15.9 Å². The molecule has 0 atom stereocenters. The third-order valence-corrected chi connectivity index (χ3v) is 4.14. The lowest BCUT2D eigenvalue weighted by Gasteiger charge is -2.10. The van der Waals surface area contributed by atoms with Gasteiger partial charge in [-0.15, -0.1) is 0 Å². The van der Waals surface area contributed by atoms with E-state index in [-0.39, 0.29) is 6.61 Å². The van der Waals surface area contributed by atoms with Crippen molar-refractivity contribution < 1.29 is 9.53 Å². The number of hydrogen-bond donors (Lipinski definition) is 0. The molecule has 2 aromatic heterocycles. The molecule has 0 aliphatic heterocycles. The summed E-state index contributed by atoms with van der Waals surface area (Å²) in [4.78, 5) is 20.3. The van der Waals surface area contributed by atoms with Crippen LogP contribution in [0.4, 0.5) is 0 Å². The molecule has 0 aliphatic carbocycles. The van der Waals surface area contributed by atoms with Gasteiger partial charge in [-0.1, -0.05) is 23.7 Å². The molecule has 0 spiro atoms. The first kappa shape index (κ1) is 15.4. The summed E-state index contributed by atoms with van der Waals surface area (Å²) < 4.78 is 5.31. The Kier molecular flexibility index (Phi) is 4.26. The summed E-state index contributed by atoms with van der Waals surface area (Å²) in [5.41, 5.74) is 4.28. The summed E-state index contributed by atoms with van der Waals surface area (Å²) in [5.74, 6) is -0.413. The van der Waals surface area contributed by atoms with Crippen LogP contribution in [0.3, 0.4) is 0 Å². The van der Waals surface area contributed by atoms with Gasteiger partial charge in [0.15, 0.2) is 0 Å². The van der Waals surface area contributed by atoms with E-state index < -0.39 is 5.97 Å². The number of aromatic nitrogens is 2. The van der Waals surface area contributed by atoms with Crippen LogP contribution < -0.4 is 0 Å². The van der Waals surface area contributed by atoms with E-state index >= 15 is 0 Å². The van der Waals surface area contributed by atoms with Gasteiger partial charge in [-0.05, 0) is 43.2 Å². The minimum atomic E-state index is -0.413. The first-order valence-electron chi connectivity index (χ1n) is 7.19. The fourth-order valence-electron chi connectivity index (χ4n) is 2.32. The maximum atomic E-state index is 12.0. The molecule has 116 valence electrons. The van der Waals surface area contributed by atoms with Crippen LogP contribution in [0.1, 0.15) is 27.0 Å². The maximum absolute atomic E-state index is 12.0. The molecule has 0 N–H and O–H groups in total. The zero-order valence-electron chi connectivity index (χ0n) is 12.8. The van der Waals surface area contributed by atoms with Gasteiger partial charge in [0.1, 0.15) is 11.8 Å². The number of carbonyl (C=O) groups excluding carboxylic acids is 1. The molecule has 0 unspecified atom stereocenters. The average molecular weight is 327 g/mol.